The standard InChI is InChI=1S/C45H59NO6/c1-4-6-8-10-11-12-13-14-15-16-17-18-19-20-21-23-35-50-41-31-29-39(30-32-41)38-25-27-40(28-26-38)45(47)52-42-33-34-44(43(36-42)46(48)49)51-37(3)24-22-9-7-5-2/h6,8,11-12,14-15,25-34,36-37H,4-5,7,9-10,13,16-24,35H2,1-3H3/b8-6-,12-11-,15-14-/t37-/m0/s1. The average molecular weight is 710 g/mol. The molecular weight excluding hydrogens is 650 g/mol. The van der Waals surface area contributed by atoms with Crippen LogP contribution >= 0.6 is 0 Å². The van der Waals surface area contributed by atoms with Crippen molar-refractivity contribution in [1.82, 2.24) is 0 Å². The van der Waals surface area contributed by atoms with E-state index in [0.29, 0.717) is 12.2 Å². The van der Waals surface area contributed by atoms with Crippen LogP contribution in [0.2, 0.25) is 0 Å². The first kappa shape index (κ1) is 41.8. The molecule has 3 rings (SSSR count). The highest BCUT2D eigenvalue weighted by molar-refractivity contribution is 5.91. The molecule has 0 aliphatic heterocycles. The van der Waals surface area contributed by atoms with Gasteiger partial charge in [0.15, 0.2) is 5.75 Å². The van der Waals surface area contributed by atoms with Crippen molar-refractivity contribution in [2.75, 3.05) is 6.61 Å². The van der Waals surface area contributed by atoms with E-state index in [1.54, 1.807) is 12.1 Å². The fourth-order valence-electron chi connectivity index (χ4n) is 5.73. The number of ether oxygens (including phenoxy) is 3. The highest BCUT2D eigenvalue weighted by Gasteiger charge is 2.20. The Bertz CT molecular complexity index is 1540. The van der Waals surface area contributed by atoms with E-state index in [9.17, 15) is 14.9 Å². The van der Waals surface area contributed by atoms with E-state index >= 15 is 0 Å². The lowest BCUT2D eigenvalue weighted by Crippen LogP contribution is -2.13. The number of hydrogen-bond acceptors (Lipinski definition) is 6. The summed E-state index contributed by atoms with van der Waals surface area (Å²) in [6, 6.07) is 19.3. The second kappa shape index (κ2) is 25.3. The summed E-state index contributed by atoms with van der Waals surface area (Å²) in [5, 5.41) is 11.8. The van der Waals surface area contributed by atoms with Crippen LogP contribution in [0.15, 0.2) is 103 Å². The number of carbonyl (C=O) groups excluding carboxylic acids is 1. The second-order valence-electron chi connectivity index (χ2n) is 13.2. The van der Waals surface area contributed by atoms with Crippen LogP contribution in [0.5, 0.6) is 17.2 Å². The fraction of sp³-hybridized carbons (Fsp3) is 0.444. The highest BCUT2D eigenvalue weighted by atomic mass is 16.6. The van der Waals surface area contributed by atoms with Gasteiger partial charge in [0.2, 0.25) is 0 Å². The molecule has 0 spiro atoms. The van der Waals surface area contributed by atoms with Gasteiger partial charge in [-0.2, -0.15) is 0 Å². The molecule has 3 aromatic rings. The van der Waals surface area contributed by atoms with E-state index in [2.05, 4.69) is 50.3 Å². The molecule has 0 bridgehead atoms. The topological polar surface area (TPSA) is 87.9 Å². The quantitative estimate of drug-likeness (QED) is 0.0206. The molecule has 280 valence electrons. The Kier molecular flexibility index (Phi) is 20.3. The number of rotatable bonds is 26. The van der Waals surface area contributed by atoms with Crippen molar-refractivity contribution in [2.45, 2.75) is 123 Å². The molecule has 0 N–H and O–H groups in total. The number of nitro groups is 1. The normalized spacial score (nSPS) is 12.1. The minimum atomic E-state index is -0.593. The Balaban J connectivity index is 1.34. The van der Waals surface area contributed by atoms with E-state index < -0.39 is 10.9 Å². The molecule has 0 fully saturated rings. The van der Waals surface area contributed by atoms with Crippen molar-refractivity contribution in [3.63, 3.8) is 0 Å². The average Bonchev–Trinajstić information content (AvgIpc) is 3.15. The number of hydrogen-bond donors (Lipinski definition) is 0. The summed E-state index contributed by atoms with van der Waals surface area (Å²) >= 11 is 0. The van der Waals surface area contributed by atoms with Crippen molar-refractivity contribution >= 4 is 11.7 Å². The van der Waals surface area contributed by atoms with Crippen LogP contribution in [0, 0.1) is 10.1 Å². The Morgan fingerprint density at radius 2 is 1.31 bits per heavy atom. The monoisotopic (exact) mass is 709 g/mol. The van der Waals surface area contributed by atoms with Gasteiger partial charge >= 0.3 is 11.7 Å². The van der Waals surface area contributed by atoms with Crippen LogP contribution in [-0.2, 0) is 0 Å². The maximum Gasteiger partial charge on any atom is 0.343 e. The summed E-state index contributed by atoms with van der Waals surface area (Å²) in [4.78, 5) is 24.1. The van der Waals surface area contributed by atoms with Crippen LogP contribution in [0.1, 0.15) is 127 Å². The predicted octanol–water partition coefficient (Wildman–Crippen LogP) is 13.2. The Morgan fingerprint density at radius 1 is 0.712 bits per heavy atom. The summed E-state index contributed by atoms with van der Waals surface area (Å²) in [7, 11) is 0. The molecule has 3 aromatic carbocycles. The van der Waals surface area contributed by atoms with E-state index in [4.69, 9.17) is 14.2 Å². The second-order valence-corrected chi connectivity index (χ2v) is 13.2. The SMILES string of the molecule is CC/C=C\C/C=C\C/C=C\CCCCCCCCOc1ccc(-c2ccc(C(=O)Oc3ccc(O[C@@H](C)CCCCCC)c([N+](=O)[O-])c3)cc2)cc1. The summed E-state index contributed by atoms with van der Waals surface area (Å²) in [5.41, 5.74) is 2.07. The molecule has 52 heavy (non-hydrogen) atoms. The van der Waals surface area contributed by atoms with Crippen molar-refractivity contribution in [3.8, 4) is 28.4 Å². The lowest BCUT2D eigenvalue weighted by molar-refractivity contribution is -0.386. The van der Waals surface area contributed by atoms with Crippen LogP contribution in [0.25, 0.3) is 11.1 Å². The Morgan fingerprint density at radius 3 is 1.98 bits per heavy atom. The first-order chi connectivity index (χ1) is 25.4. The van der Waals surface area contributed by atoms with Crippen molar-refractivity contribution in [1.29, 1.82) is 0 Å². The molecular formula is C45H59NO6. The summed E-state index contributed by atoms with van der Waals surface area (Å²) in [6.07, 6.45) is 30.1. The highest BCUT2D eigenvalue weighted by Crippen LogP contribution is 2.33. The number of carbonyl (C=O) groups is 1. The van der Waals surface area contributed by atoms with Gasteiger partial charge in [0.25, 0.3) is 0 Å². The van der Waals surface area contributed by atoms with E-state index in [1.165, 1.54) is 50.3 Å². The van der Waals surface area contributed by atoms with Crippen LogP contribution < -0.4 is 14.2 Å². The molecule has 7 nitrogen and oxygen atoms in total. The van der Waals surface area contributed by atoms with Gasteiger partial charge in [-0.1, -0.05) is 120 Å². The van der Waals surface area contributed by atoms with Crippen molar-refractivity contribution < 1.29 is 23.9 Å². The first-order valence-electron chi connectivity index (χ1n) is 19.4. The molecule has 0 saturated heterocycles. The zero-order valence-corrected chi connectivity index (χ0v) is 31.6. The smallest absolute Gasteiger partial charge is 0.343 e. The van der Waals surface area contributed by atoms with Gasteiger partial charge in [-0.25, -0.2) is 4.79 Å². The number of nitro benzene ring substituents is 1. The van der Waals surface area contributed by atoms with Gasteiger partial charge in [0, 0.05) is 0 Å². The van der Waals surface area contributed by atoms with Crippen LogP contribution in [0.3, 0.4) is 0 Å². The minimum Gasteiger partial charge on any atom is -0.494 e. The van der Waals surface area contributed by atoms with E-state index in [-0.39, 0.29) is 23.3 Å². The molecule has 0 saturated carbocycles. The van der Waals surface area contributed by atoms with Gasteiger partial charge < -0.3 is 14.2 Å². The number of allylic oxidation sites excluding steroid dienone is 6. The number of nitrogens with zero attached hydrogens (tertiary/aromatic N) is 1. The Labute approximate surface area is 311 Å². The molecule has 0 aromatic heterocycles. The molecule has 0 amide bonds. The zero-order chi connectivity index (χ0) is 37.2. The molecule has 0 unspecified atom stereocenters. The van der Waals surface area contributed by atoms with Gasteiger partial charge in [-0.15, -0.1) is 0 Å². The third-order valence-electron chi connectivity index (χ3n) is 8.75. The Hall–Kier alpha value is -4.65. The molecule has 7 heteroatoms. The first-order valence-corrected chi connectivity index (χ1v) is 19.4. The van der Waals surface area contributed by atoms with E-state index in [1.807, 2.05) is 43.3 Å². The fourth-order valence-corrected chi connectivity index (χ4v) is 5.73. The van der Waals surface area contributed by atoms with Gasteiger partial charge in [0.05, 0.1) is 29.3 Å². The third kappa shape index (κ3) is 16.6. The molecule has 1 atom stereocenters. The summed E-state index contributed by atoms with van der Waals surface area (Å²) in [5.74, 6) is 0.512. The number of esters is 1. The van der Waals surface area contributed by atoms with E-state index in [0.717, 1.165) is 81.1 Å². The third-order valence-corrected chi connectivity index (χ3v) is 8.75. The molecule has 0 aliphatic rings. The zero-order valence-electron chi connectivity index (χ0n) is 31.6. The molecule has 0 heterocycles. The summed E-state index contributed by atoms with van der Waals surface area (Å²) in [6.45, 7) is 6.93. The minimum absolute atomic E-state index is 0.0910. The summed E-state index contributed by atoms with van der Waals surface area (Å²) < 4.78 is 17.3. The number of benzene rings is 3. The lowest BCUT2D eigenvalue weighted by Gasteiger charge is -2.15. The maximum absolute atomic E-state index is 12.9. The van der Waals surface area contributed by atoms with Crippen molar-refractivity contribution in [3.05, 3.63) is 119 Å². The largest absolute Gasteiger partial charge is 0.494 e. The van der Waals surface area contributed by atoms with Crippen LogP contribution in [0.4, 0.5) is 5.69 Å². The van der Waals surface area contributed by atoms with Gasteiger partial charge in [0.1, 0.15) is 11.5 Å². The maximum atomic E-state index is 12.9. The lowest BCUT2D eigenvalue weighted by atomic mass is 10.0. The van der Waals surface area contributed by atoms with Crippen molar-refractivity contribution in [2.24, 2.45) is 0 Å². The predicted molar refractivity (Wildman–Crippen MR) is 214 cm³/mol. The van der Waals surface area contributed by atoms with Crippen LogP contribution in [-0.4, -0.2) is 23.6 Å². The van der Waals surface area contributed by atoms with Gasteiger partial charge in [-0.3, -0.25) is 10.1 Å². The molecule has 0 radical (unpaired) electrons. The number of unbranched alkanes of at least 4 members (excludes halogenated alkanes) is 9. The molecule has 0 aliphatic carbocycles. The van der Waals surface area contributed by atoms with Gasteiger partial charge in [-0.05, 0) is 106 Å².